The fraction of sp³-hybridized carbons (Fsp3) is 0.200. The number of benzene rings is 2. The largest absolute Gasteiger partial charge is 0.493 e. The second kappa shape index (κ2) is 7.11. The standard InChI is InChI=1S/C15H13BrClFO3/c1-20-14-5-4-12(16)11(7-19)15(14)21-8-9-2-3-10(18)6-13(9)17/h2-6,19H,7-8H2,1H3. The van der Waals surface area contributed by atoms with Crippen LogP contribution in [-0.2, 0) is 13.2 Å². The van der Waals surface area contributed by atoms with Crippen LogP contribution in [0, 0.1) is 5.82 Å². The maximum atomic E-state index is 13.0. The van der Waals surface area contributed by atoms with E-state index in [1.54, 1.807) is 18.2 Å². The molecule has 0 saturated heterocycles. The van der Waals surface area contributed by atoms with Crippen molar-refractivity contribution < 1.29 is 19.0 Å². The van der Waals surface area contributed by atoms with E-state index >= 15 is 0 Å². The van der Waals surface area contributed by atoms with Crippen molar-refractivity contribution in [2.24, 2.45) is 0 Å². The molecule has 0 atom stereocenters. The molecule has 3 nitrogen and oxygen atoms in total. The molecular formula is C15H13BrClFO3. The van der Waals surface area contributed by atoms with E-state index in [2.05, 4.69) is 15.9 Å². The Morgan fingerprint density at radius 2 is 2.05 bits per heavy atom. The molecule has 2 aromatic rings. The number of aliphatic hydroxyl groups excluding tert-OH is 1. The number of rotatable bonds is 5. The van der Waals surface area contributed by atoms with Gasteiger partial charge in [-0.05, 0) is 24.3 Å². The summed E-state index contributed by atoms with van der Waals surface area (Å²) in [5.74, 6) is 0.523. The monoisotopic (exact) mass is 374 g/mol. The van der Waals surface area contributed by atoms with Crippen LogP contribution in [0.1, 0.15) is 11.1 Å². The Kier molecular flexibility index (Phi) is 5.45. The van der Waals surface area contributed by atoms with E-state index in [9.17, 15) is 9.50 Å². The maximum Gasteiger partial charge on any atom is 0.168 e. The van der Waals surface area contributed by atoms with Gasteiger partial charge in [-0.2, -0.15) is 0 Å². The molecule has 0 unspecified atom stereocenters. The number of aliphatic hydroxyl groups is 1. The van der Waals surface area contributed by atoms with Crippen molar-refractivity contribution in [1.29, 1.82) is 0 Å². The Balaban J connectivity index is 2.28. The molecule has 0 saturated carbocycles. The average molecular weight is 376 g/mol. The number of ether oxygens (including phenoxy) is 2. The highest BCUT2D eigenvalue weighted by Crippen LogP contribution is 2.37. The van der Waals surface area contributed by atoms with Crippen molar-refractivity contribution in [2.75, 3.05) is 7.11 Å². The summed E-state index contributed by atoms with van der Waals surface area (Å²) in [6, 6.07) is 7.59. The third-order valence-corrected chi connectivity index (χ3v) is 4.03. The molecule has 2 rings (SSSR count). The summed E-state index contributed by atoms with van der Waals surface area (Å²) >= 11 is 9.31. The third-order valence-electron chi connectivity index (χ3n) is 2.93. The SMILES string of the molecule is COc1ccc(Br)c(CO)c1OCc1ccc(F)cc1Cl. The van der Waals surface area contributed by atoms with Gasteiger partial charge in [0, 0.05) is 15.6 Å². The van der Waals surface area contributed by atoms with Gasteiger partial charge >= 0.3 is 0 Å². The third kappa shape index (κ3) is 3.67. The quantitative estimate of drug-likeness (QED) is 0.846. The van der Waals surface area contributed by atoms with E-state index < -0.39 is 5.82 Å². The van der Waals surface area contributed by atoms with Gasteiger partial charge in [0.15, 0.2) is 11.5 Å². The number of hydrogen-bond acceptors (Lipinski definition) is 3. The summed E-state index contributed by atoms with van der Waals surface area (Å²) in [7, 11) is 1.52. The topological polar surface area (TPSA) is 38.7 Å². The molecule has 0 bridgehead atoms. The van der Waals surface area contributed by atoms with Crippen LogP contribution in [0.25, 0.3) is 0 Å². The van der Waals surface area contributed by atoms with Gasteiger partial charge in [0.25, 0.3) is 0 Å². The molecule has 1 N–H and O–H groups in total. The highest BCUT2D eigenvalue weighted by molar-refractivity contribution is 9.10. The molecule has 0 fully saturated rings. The van der Waals surface area contributed by atoms with Crippen molar-refractivity contribution in [1.82, 2.24) is 0 Å². The Labute approximate surface area is 135 Å². The summed E-state index contributed by atoms with van der Waals surface area (Å²) in [4.78, 5) is 0. The van der Waals surface area contributed by atoms with Crippen LogP contribution in [0.15, 0.2) is 34.8 Å². The van der Waals surface area contributed by atoms with Crippen LogP contribution in [-0.4, -0.2) is 12.2 Å². The molecule has 112 valence electrons. The smallest absolute Gasteiger partial charge is 0.168 e. The number of halogens is 3. The summed E-state index contributed by atoms with van der Waals surface area (Å²) < 4.78 is 24.7. The molecular weight excluding hydrogens is 363 g/mol. The fourth-order valence-corrected chi connectivity index (χ4v) is 2.50. The van der Waals surface area contributed by atoms with Crippen LogP contribution in [0.4, 0.5) is 4.39 Å². The van der Waals surface area contributed by atoms with Crippen LogP contribution in [0.3, 0.4) is 0 Å². The van der Waals surface area contributed by atoms with E-state index in [-0.39, 0.29) is 18.2 Å². The van der Waals surface area contributed by atoms with Gasteiger partial charge in [0.2, 0.25) is 0 Å². The lowest BCUT2D eigenvalue weighted by atomic mass is 10.2. The van der Waals surface area contributed by atoms with Gasteiger partial charge in [0.1, 0.15) is 12.4 Å². The van der Waals surface area contributed by atoms with E-state index in [4.69, 9.17) is 21.1 Å². The summed E-state index contributed by atoms with van der Waals surface area (Å²) in [5.41, 5.74) is 1.22. The van der Waals surface area contributed by atoms with Crippen molar-refractivity contribution >= 4 is 27.5 Å². The van der Waals surface area contributed by atoms with Crippen molar-refractivity contribution in [3.05, 3.63) is 56.8 Å². The number of hydrogen-bond donors (Lipinski definition) is 1. The lowest BCUT2D eigenvalue weighted by Crippen LogP contribution is -2.02. The minimum atomic E-state index is -0.403. The average Bonchev–Trinajstić information content (AvgIpc) is 2.46. The summed E-state index contributed by atoms with van der Waals surface area (Å²) in [6.45, 7) is -0.0663. The van der Waals surface area contributed by atoms with Crippen LogP contribution in [0.5, 0.6) is 11.5 Å². The summed E-state index contributed by atoms with van der Waals surface area (Å²) in [6.07, 6.45) is 0. The molecule has 0 heterocycles. The lowest BCUT2D eigenvalue weighted by molar-refractivity contribution is 0.249. The first-order valence-corrected chi connectivity index (χ1v) is 7.27. The first-order valence-electron chi connectivity index (χ1n) is 6.09. The number of methoxy groups -OCH3 is 1. The van der Waals surface area contributed by atoms with Gasteiger partial charge in [-0.1, -0.05) is 33.6 Å². The van der Waals surface area contributed by atoms with Crippen molar-refractivity contribution in [2.45, 2.75) is 13.2 Å². The normalized spacial score (nSPS) is 10.5. The lowest BCUT2D eigenvalue weighted by Gasteiger charge is -2.16. The second-order valence-corrected chi connectivity index (χ2v) is 5.50. The predicted molar refractivity (Wildman–Crippen MR) is 82.4 cm³/mol. The van der Waals surface area contributed by atoms with Crippen molar-refractivity contribution in [3.63, 3.8) is 0 Å². The van der Waals surface area contributed by atoms with Gasteiger partial charge in [-0.25, -0.2) is 4.39 Å². The molecule has 0 spiro atoms. The molecule has 0 aliphatic carbocycles. The molecule has 0 radical (unpaired) electrons. The molecule has 21 heavy (non-hydrogen) atoms. The molecule has 0 aliphatic rings. The zero-order valence-corrected chi connectivity index (χ0v) is 13.5. The molecule has 6 heteroatoms. The van der Waals surface area contributed by atoms with Gasteiger partial charge in [0.05, 0.1) is 18.7 Å². The molecule has 0 aromatic heterocycles. The Bertz CT molecular complexity index is 649. The predicted octanol–water partition coefficient (Wildman–Crippen LogP) is 4.32. The van der Waals surface area contributed by atoms with Crippen LogP contribution >= 0.6 is 27.5 Å². The Morgan fingerprint density at radius 3 is 2.67 bits per heavy atom. The Morgan fingerprint density at radius 1 is 1.29 bits per heavy atom. The Hall–Kier alpha value is -1.30. The van der Waals surface area contributed by atoms with E-state index in [1.807, 2.05) is 0 Å². The fourth-order valence-electron chi connectivity index (χ4n) is 1.84. The molecule has 2 aromatic carbocycles. The zero-order valence-electron chi connectivity index (χ0n) is 11.2. The van der Waals surface area contributed by atoms with E-state index in [0.717, 1.165) is 0 Å². The minimum absolute atomic E-state index is 0.138. The highest BCUT2D eigenvalue weighted by Gasteiger charge is 2.14. The molecule has 0 aliphatic heterocycles. The first kappa shape index (κ1) is 16.1. The first-order chi connectivity index (χ1) is 10.1. The minimum Gasteiger partial charge on any atom is -0.493 e. The second-order valence-electron chi connectivity index (χ2n) is 4.24. The van der Waals surface area contributed by atoms with Crippen LogP contribution in [0.2, 0.25) is 5.02 Å². The maximum absolute atomic E-state index is 13.0. The van der Waals surface area contributed by atoms with Crippen LogP contribution < -0.4 is 9.47 Å². The summed E-state index contributed by atoms with van der Waals surface area (Å²) in [5, 5.41) is 9.75. The van der Waals surface area contributed by atoms with Gasteiger partial charge in [-0.3, -0.25) is 0 Å². The van der Waals surface area contributed by atoms with E-state index in [1.165, 1.54) is 19.2 Å². The van der Waals surface area contributed by atoms with Gasteiger partial charge in [-0.15, -0.1) is 0 Å². The highest BCUT2D eigenvalue weighted by atomic mass is 79.9. The van der Waals surface area contributed by atoms with Crippen molar-refractivity contribution in [3.8, 4) is 11.5 Å². The van der Waals surface area contributed by atoms with E-state index in [0.29, 0.717) is 27.1 Å². The zero-order chi connectivity index (χ0) is 15.4. The van der Waals surface area contributed by atoms with Gasteiger partial charge < -0.3 is 14.6 Å². The molecule has 0 amide bonds.